The summed E-state index contributed by atoms with van der Waals surface area (Å²) in [4.78, 5) is 3.94. The van der Waals surface area contributed by atoms with Gasteiger partial charge in [-0.2, -0.15) is 0 Å². The van der Waals surface area contributed by atoms with E-state index in [1.165, 1.54) is 0 Å². The molecule has 0 fully saturated rings. The molecule has 0 radical (unpaired) electrons. The van der Waals surface area contributed by atoms with Crippen LogP contribution in [0.2, 0.25) is 5.02 Å². The van der Waals surface area contributed by atoms with Crippen molar-refractivity contribution in [2.45, 2.75) is 13.5 Å². The van der Waals surface area contributed by atoms with Gasteiger partial charge >= 0.3 is 0 Å². The average Bonchev–Trinajstić information content (AvgIpc) is 2.07. The van der Waals surface area contributed by atoms with Gasteiger partial charge in [-0.15, -0.1) is 0 Å². The third kappa shape index (κ3) is 2.36. The van der Waals surface area contributed by atoms with Crippen LogP contribution in [0.15, 0.2) is 12.3 Å². The zero-order valence-corrected chi connectivity index (χ0v) is 7.73. The van der Waals surface area contributed by atoms with Crippen LogP contribution in [0.5, 0.6) is 0 Å². The number of rotatable bonds is 3. The van der Waals surface area contributed by atoms with E-state index in [-0.39, 0.29) is 0 Å². The van der Waals surface area contributed by atoms with Crippen LogP contribution in [-0.4, -0.2) is 11.5 Å². The molecule has 3 nitrogen and oxygen atoms in total. The Bertz CT molecular complexity index is 262. The van der Waals surface area contributed by atoms with E-state index in [9.17, 15) is 0 Å². The molecule has 0 spiro atoms. The molecule has 0 aliphatic heterocycles. The monoisotopic (exact) mass is 185 g/mol. The minimum Gasteiger partial charge on any atom is -0.383 e. The fourth-order valence-corrected chi connectivity index (χ4v) is 1.07. The first-order valence-electron chi connectivity index (χ1n) is 3.84. The number of nitrogens with one attached hydrogen (secondary N) is 1. The second-order valence-electron chi connectivity index (χ2n) is 2.48. The molecule has 0 aliphatic rings. The first-order valence-corrected chi connectivity index (χ1v) is 4.22. The quantitative estimate of drug-likeness (QED) is 0.749. The number of nitrogen functional groups attached to an aromatic ring is 1. The van der Waals surface area contributed by atoms with Gasteiger partial charge in [0.05, 0.1) is 5.02 Å². The van der Waals surface area contributed by atoms with Gasteiger partial charge in [0, 0.05) is 18.3 Å². The Balaban J connectivity index is 2.75. The minimum absolute atomic E-state index is 0.542. The minimum atomic E-state index is 0.542. The Hall–Kier alpha value is -0.800. The largest absolute Gasteiger partial charge is 0.383 e. The Morgan fingerprint density at radius 3 is 3.08 bits per heavy atom. The SMILES string of the molecule is CCNCc1cc(Cl)cnc1N. The molecule has 3 N–H and O–H groups in total. The van der Waals surface area contributed by atoms with E-state index in [2.05, 4.69) is 10.3 Å². The number of aromatic nitrogens is 1. The summed E-state index contributed by atoms with van der Waals surface area (Å²) in [6.07, 6.45) is 1.55. The maximum Gasteiger partial charge on any atom is 0.127 e. The van der Waals surface area contributed by atoms with Crippen LogP contribution in [0, 0.1) is 0 Å². The van der Waals surface area contributed by atoms with Crippen molar-refractivity contribution in [3.05, 3.63) is 22.8 Å². The van der Waals surface area contributed by atoms with Crippen molar-refractivity contribution in [2.75, 3.05) is 12.3 Å². The Morgan fingerprint density at radius 1 is 1.67 bits per heavy atom. The summed E-state index contributed by atoms with van der Waals surface area (Å²) in [6.45, 7) is 3.66. The van der Waals surface area contributed by atoms with Crippen molar-refractivity contribution in [3.63, 3.8) is 0 Å². The highest BCUT2D eigenvalue weighted by atomic mass is 35.5. The standard InChI is InChI=1S/C8H12ClN3/c1-2-11-4-6-3-7(9)5-12-8(6)10/h3,5,11H,2,4H2,1H3,(H2,10,12). The lowest BCUT2D eigenvalue weighted by molar-refractivity contribution is 0.726. The summed E-state index contributed by atoms with van der Waals surface area (Å²) in [5.41, 5.74) is 6.57. The number of pyridine rings is 1. The zero-order chi connectivity index (χ0) is 8.97. The van der Waals surface area contributed by atoms with Gasteiger partial charge in [-0.25, -0.2) is 4.98 Å². The van der Waals surface area contributed by atoms with E-state index in [4.69, 9.17) is 17.3 Å². The highest BCUT2D eigenvalue weighted by molar-refractivity contribution is 6.30. The van der Waals surface area contributed by atoms with E-state index >= 15 is 0 Å². The van der Waals surface area contributed by atoms with Gasteiger partial charge in [0.1, 0.15) is 5.82 Å². The molecule has 4 heteroatoms. The fraction of sp³-hybridized carbons (Fsp3) is 0.375. The Kier molecular flexibility index (Phi) is 3.31. The van der Waals surface area contributed by atoms with Gasteiger partial charge in [0.15, 0.2) is 0 Å². The highest BCUT2D eigenvalue weighted by Crippen LogP contribution is 2.14. The molecule has 0 saturated heterocycles. The first-order chi connectivity index (χ1) is 5.74. The lowest BCUT2D eigenvalue weighted by Gasteiger charge is -2.04. The highest BCUT2D eigenvalue weighted by Gasteiger charge is 1.99. The number of hydrogen-bond donors (Lipinski definition) is 2. The van der Waals surface area contributed by atoms with Crippen molar-refractivity contribution in [2.24, 2.45) is 0 Å². The van der Waals surface area contributed by atoms with Crippen LogP contribution >= 0.6 is 11.6 Å². The van der Waals surface area contributed by atoms with Crippen LogP contribution in [0.3, 0.4) is 0 Å². The first kappa shape index (κ1) is 9.29. The second-order valence-corrected chi connectivity index (χ2v) is 2.91. The summed E-state index contributed by atoms with van der Waals surface area (Å²) < 4.78 is 0. The third-order valence-corrected chi connectivity index (χ3v) is 1.74. The van der Waals surface area contributed by atoms with Crippen LogP contribution in [0.1, 0.15) is 12.5 Å². The van der Waals surface area contributed by atoms with E-state index < -0.39 is 0 Å². The molecule has 0 aromatic carbocycles. The summed E-state index contributed by atoms with van der Waals surface area (Å²) in [7, 11) is 0. The molecular weight excluding hydrogens is 174 g/mol. The molecule has 0 saturated carbocycles. The lowest BCUT2D eigenvalue weighted by Crippen LogP contribution is -2.13. The molecule has 1 heterocycles. The zero-order valence-electron chi connectivity index (χ0n) is 6.97. The predicted octanol–water partition coefficient (Wildman–Crippen LogP) is 1.43. The maximum atomic E-state index is 5.75. The molecule has 12 heavy (non-hydrogen) atoms. The molecule has 0 atom stereocenters. The molecule has 0 amide bonds. The summed E-state index contributed by atoms with van der Waals surface area (Å²) >= 11 is 5.75. The van der Waals surface area contributed by atoms with Crippen molar-refractivity contribution in [1.29, 1.82) is 0 Å². The van der Waals surface area contributed by atoms with Gasteiger partial charge in [-0.3, -0.25) is 0 Å². The van der Waals surface area contributed by atoms with Crippen molar-refractivity contribution >= 4 is 17.4 Å². The smallest absolute Gasteiger partial charge is 0.127 e. The van der Waals surface area contributed by atoms with Crippen molar-refractivity contribution in [3.8, 4) is 0 Å². The van der Waals surface area contributed by atoms with Crippen molar-refractivity contribution < 1.29 is 0 Å². The van der Waals surface area contributed by atoms with E-state index in [0.717, 1.165) is 18.7 Å². The van der Waals surface area contributed by atoms with E-state index in [1.54, 1.807) is 6.20 Å². The number of hydrogen-bond acceptors (Lipinski definition) is 3. The molecule has 0 unspecified atom stereocenters. The van der Waals surface area contributed by atoms with E-state index in [1.807, 2.05) is 13.0 Å². The predicted molar refractivity (Wildman–Crippen MR) is 51.0 cm³/mol. The van der Waals surface area contributed by atoms with Gasteiger partial charge in [-0.1, -0.05) is 18.5 Å². The average molecular weight is 186 g/mol. The van der Waals surface area contributed by atoms with Crippen molar-refractivity contribution in [1.82, 2.24) is 10.3 Å². The topological polar surface area (TPSA) is 50.9 Å². The Morgan fingerprint density at radius 2 is 2.42 bits per heavy atom. The van der Waals surface area contributed by atoms with E-state index in [0.29, 0.717) is 10.8 Å². The number of nitrogens with zero attached hydrogens (tertiary/aromatic N) is 1. The normalized spacial score (nSPS) is 10.2. The summed E-state index contributed by atoms with van der Waals surface area (Å²) in [5.74, 6) is 0.542. The van der Waals surface area contributed by atoms with Gasteiger partial charge < -0.3 is 11.1 Å². The number of nitrogens with two attached hydrogens (primary N) is 1. The van der Waals surface area contributed by atoms with Crippen LogP contribution < -0.4 is 11.1 Å². The molecule has 0 bridgehead atoms. The summed E-state index contributed by atoms with van der Waals surface area (Å²) in [5, 5.41) is 3.78. The lowest BCUT2D eigenvalue weighted by atomic mass is 10.2. The van der Waals surface area contributed by atoms with Gasteiger partial charge in [0.25, 0.3) is 0 Å². The molecule has 1 aromatic rings. The Labute approximate surface area is 76.9 Å². The summed E-state index contributed by atoms with van der Waals surface area (Å²) in [6, 6.07) is 1.83. The number of anilines is 1. The van der Waals surface area contributed by atoms with Gasteiger partial charge in [0.2, 0.25) is 0 Å². The molecule has 1 rings (SSSR count). The third-order valence-electron chi connectivity index (χ3n) is 1.53. The van der Waals surface area contributed by atoms with Crippen LogP contribution in [-0.2, 0) is 6.54 Å². The van der Waals surface area contributed by atoms with Crippen LogP contribution in [0.4, 0.5) is 5.82 Å². The van der Waals surface area contributed by atoms with Gasteiger partial charge in [-0.05, 0) is 12.6 Å². The second kappa shape index (κ2) is 4.28. The van der Waals surface area contributed by atoms with Crippen LogP contribution in [0.25, 0.3) is 0 Å². The fourth-order valence-electron chi connectivity index (χ4n) is 0.893. The molecular formula is C8H12ClN3. The molecule has 0 aliphatic carbocycles. The molecule has 66 valence electrons. The molecule has 1 aromatic heterocycles. The number of halogens is 1. The maximum absolute atomic E-state index is 5.75.